The predicted octanol–water partition coefficient (Wildman–Crippen LogP) is 1.75. The van der Waals surface area contributed by atoms with Crippen molar-refractivity contribution in [1.82, 2.24) is 4.98 Å². The highest BCUT2D eigenvalue weighted by atomic mass is 14.7. The van der Waals surface area contributed by atoms with Crippen molar-refractivity contribution in [3.63, 3.8) is 0 Å². The maximum absolute atomic E-state index is 5.58. The first-order chi connectivity index (χ1) is 5.70. The van der Waals surface area contributed by atoms with Crippen molar-refractivity contribution in [3.8, 4) is 0 Å². The number of hydrogen-bond donors (Lipinski definition) is 1. The maximum atomic E-state index is 5.58. The number of aryl methyl sites for hydroxylation is 1. The minimum Gasteiger partial charge on any atom is -0.325 e. The van der Waals surface area contributed by atoms with Gasteiger partial charge < -0.3 is 5.73 Å². The lowest BCUT2D eigenvalue weighted by Gasteiger charge is -1.98. The van der Waals surface area contributed by atoms with Gasteiger partial charge in [0.05, 0.1) is 0 Å². The lowest BCUT2D eigenvalue weighted by molar-refractivity contribution is 0.930. The van der Waals surface area contributed by atoms with Gasteiger partial charge in [-0.25, -0.2) is 0 Å². The summed E-state index contributed by atoms with van der Waals surface area (Å²) >= 11 is 0. The predicted molar refractivity (Wildman–Crippen MR) is 51.7 cm³/mol. The van der Waals surface area contributed by atoms with Crippen LogP contribution >= 0.6 is 0 Å². The van der Waals surface area contributed by atoms with Gasteiger partial charge in [-0.1, -0.05) is 18.2 Å². The molecule has 0 fully saturated rings. The molecule has 1 atom stereocenters. The Bertz CT molecular complexity index is 277. The molecular weight excluding hydrogens is 148 g/mol. The van der Waals surface area contributed by atoms with E-state index in [1.807, 2.05) is 38.1 Å². The van der Waals surface area contributed by atoms with E-state index in [0.29, 0.717) is 0 Å². The van der Waals surface area contributed by atoms with Crippen LogP contribution in [0.25, 0.3) is 6.08 Å². The highest BCUT2D eigenvalue weighted by molar-refractivity contribution is 5.51. The Kier molecular flexibility index (Phi) is 3.00. The van der Waals surface area contributed by atoms with Crippen LogP contribution in [0, 0.1) is 6.92 Å². The summed E-state index contributed by atoms with van der Waals surface area (Å²) in [5.74, 6) is 0. The molecule has 2 heteroatoms. The van der Waals surface area contributed by atoms with E-state index in [1.165, 1.54) is 0 Å². The standard InChI is InChI=1S/C10H14N2/c1-8(11)5-6-10-4-3-7-12-9(10)2/h3-8H,11H2,1-2H3/b6-5+. The molecule has 1 aromatic rings. The quantitative estimate of drug-likeness (QED) is 0.719. The Labute approximate surface area is 73.1 Å². The van der Waals surface area contributed by atoms with Crippen molar-refractivity contribution < 1.29 is 0 Å². The largest absolute Gasteiger partial charge is 0.325 e. The monoisotopic (exact) mass is 162 g/mol. The maximum Gasteiger partial charge on any atom is 0.0444 e. The third kappa shape index (κ3) is 2.47. The van der Waals surface area contributed by atoms with E-state index < -0.39 is 0 Å². The molecule has 2 nitrogen and oxygen atoms in total. The number of rotatable bonds is 2. The van der Waals surface area contributed by atoms with E-state index in [1.54, 1.807) is 6.20 Å². The zero-order valence-corrected chi connectivity index (χ0v) is 7.49. The van der Waals surface area contributed by atoms with Crippen molar-refractivity contribution in [1.29, 1.82) is 0 Å². The molecule has 0 amide bonds. The van der Waals surface area contributed by atoms with Crippen LogP contribution in [-0.4, -0.2) is 11.0 Å². The molecule has 1 unspecified atom stereocenters. The number of hydrogen-bond acceptors (Lipinski definition) is 2. The zero-order valence-electron chi connectivity index (χ0n) is 7.49. The first-order valence-electron chi connectivity index (χ1n) is 4.05. The fraction of sp³-hybridized carbons (Fsp3) is 0.300. The summed E-state index contributed by atoms with van der Waals surface area (Å²) in [6.07, 6.45) is 5.76. The van der Waals surface area contributed by atoms with E-state index in [0.717, 1.165) is 11.3 Å². The van der Waals surface area contributed by atoms with Gasteiger partial charge >= 0.3 is 0 Å². The minimum atomic E-state index is 0.101. The number of nitrogens with zero attached hydrogens (tertiary/aromatic N) is 1. The second-order valence-electron chi connectivity index (χ2n) is 2.90. The Morgan fingerprint density at radius 3 is 2.92 bits per heavy atom. The van der Waals surface area contributed by atoms with Gasteiger partial charge in [0.1, 0.15) is 0 Å². The van der Waals surface area contributed by atoms with E-state index in [-0.39, 0.29) is 6.04 Å². The zero-order chi connectivity index (χ0) is 8.97. The molecular formula is C10H14N2. The van der Waals surface area contributed by atoms with Gasteiger partial charge in [-0.05, 0) is 25.5 Å². The van der Waals surface area contributed by atoms with Crippen molar-refractivity contribution in [2.45, 2.75) is 19.9 Å². The average Bonchev–Trinajstić information content (AvgIpc) is 2.03. The molecule has 1 heterocycles. The van der Waals surface area contributed by atoms with Gasteiger partial charge in [0.2, 0.25) is 0 Å². The molecule has 0 spiro atoms. The summed E-state index contributed by atoms with van der Waals surface area (Å²) in [6, 6.07) is 4.05. The Morgan fingerprint density at radius 1 is 1.58 bits per heavy atom. The lowest BCUT2D eigenvalue weighted by atomic mass is 10.2. The van der Waals surface area contributed by atoms with Gasteiger partial charge in [0.15, 0.2) is 0 Å². The molecule has 0 radical (unpaired) electrons. The van der Waals surface area contributed by atoms with Crippen LogP contribution in [0.15, 0.2) is 24.4 Å². The molecule has 0 saturated heterocycles. The van der Waals surface area contributed by atoms with Crippen LogP contribution in [-0.2, 0) is 0 Å². The fourth-order valence-electron chi connectivity index (χ4n) is 0.928. The molecule has 1 aromatic heterocycles. The number of aromatic nitrogens is 1. The minimum absolute atomic E-state index is 0.101. The van der Waals surface area contributed by atoms with Crippen molar-refractivity contribution in [2.75, 3.05) is 0 Å². The van der Waals surface area contributed by atoms with Crippen LogP contribution in [0.2, 0.25) is 0 Å². The molecule has 1 rings (SSSR count). The Hall–Kier alpha value is -1.15. The lowest BCUT2D eigenvalue weighted by Crippen LogP contribution is -2.09. The topological polar surface area (TPSA) is 38.9 Å². The van der Waals surface area contributed by atoms with Gasteiger partial charge in [-0.3, -0.25) is 4.98 Å². The third-order valence-electron chi connectivity index (χ3n) is 1.63. The second kappa shape index (κ2) is 4.02. The highest BCUT2D eigenvalue weighted by Gasteiger charge is 1.92. The molecule has 12 heavy (non-hydrogen) atoms. The summed E-state index contributed by atoms with van der Waals surface area (Å²) in [7, 11) is 0. The molecule has 2 N–H and O–H groups in total. The number of nitrogens with two attached hydrogens (primary N) is 1. The van der Waals surface area contributed by atoms with Crippen LogP contribution in [0.4, 0.5) is 0 Å². The van der Waals surface area contributed by atoms with Crippen molar-refractivity contribution in [2.24, 2.45) is 5.73 Å². The van der Waals surface area contributed by atoms with Gasteiger partial charge in [0.25, 0.3) is 0 Å². The van der Waals surface area contributed by atoms with E-state index in [4.69, 9.17) is 5.73 Å². The fourth-order valence-corrected chi connectivity index (χ4v) is 0.928. The average molecular weight is 162 g/mol. The molecule has 0 aliphatic heterocycles. The molecule has 0 aromatic carbocycles. The van der Waals surface area contributed by atoms with E-state index in [2.05, 4.69) is 4.98 Å². The molecule has 64 valence electrons. The van der Waals surface area contributed by atoms with Gasteiger partial charge in [0, 0.05) is 17.9 Å². The first kappa shape index (κ1) is 8.94. The molecule has 0 saturated carbocycles. The summed E-state index contributed by atoms with van der Waals surface area (Å²) in [4.78, 5) is 4.16. The summed E-state index contributed by atoms with van der Waals surface area (Å²) in [5, 5.41) is 0. The normalized spacial score (nSPS) is 13.6. The highest BCUT2D eigenvalue weighted by Crippen LogP contribution is 2.05. The van der Waals surface area contributed by atoms with Crippen molar-refractivity contribution in [3.05, 3.63) is 35.7 Å². The van der Waals surface area contributed by atoms with E-state index >= 15 is 0 Å². The van der Waals surface area contributed by atoms with E-state index in [9.17, 15) is 0 Å². The Morgan fingerprint density at radius 2 is 2.33 bits per heavy atom. The van der Waals surface area contributed by atoms with Crippen molar-refractivity contribution >= 4 is 6.08 Å². The van der Waals surface area contributed by atoms with Gasteiger partial charge in [-0.2, -0.15) is 0 Å². The summed E-state index contributed by atoms with van der Waals surface area (Å²) < 4.78 is 0. The van der Waals surface area contributed by atoms with Crippen LogP contribution < -0.4 is 5.73 Å². The molecule has 0 bridgehead atoms. The Balaban J connectivity index is 2.82. The molecule has 0 aliphatic rings. The van der Waals surface area contributed by atoms with Crippen LogP contribution in [0.3, 0.4) is 0 Å². The van der Waals surface area contributed by atoms with Gasteiger partial charge in [-0.15, -0.1) is 0 Å². The number of pyridine rings is 1. The summed E-state index contributed by atoms with van der Waals surface area (Å²) in [6.45, 7) is 3.93. The SMILES string of the molecule is Cc1ncccc1/C=C/C(C)N. The van der Waals surface area contributed by atoms with Crippen LogP contribution in [0.1, 0.15) is 18.2 Å². The molecule has 0 aliphatic carbocycles. The first-order valence-corrected chi connectivity index (χ1v) is 4.05. The summed E-state index contributed by atoms with van der Waals surface area (Å²) in [5.41, 5.74) is 7.75. The smallest absolute Gasteiger partial charge is 0.0444 e. The second-order valence-corrected chi connectivity index (χ2v) is 2.90. The van der Waals surface area contributed by atoms with Crippen LogP contribution in [0.5, 0.6) is 0 Å². The third-order valence-corrected chi connectivity index (χ3v) is 1.63.